The Labute approximate surface area is 213 Å². The summed E-state index contributed by atoms with van der Waals surface area (Å²) in [7, 11) is -3.64. The molecule has 0 aliphatic carbocycles. The van der Waals surface area contributed by atoms with Crippen molar-refractivity contribution < 1.29 is 32.3 Å². The van der Waals surface area contributed by atoms with E-state index in [9.17, 15) is 32.3 Å². The quantitative estimate of drug-likeness (QED) is 0.307. The second-order valence-electron chi connectivity index (χ2n) is 9.15. The van der Waals surface area contributed by atoms with Gasteiger partial charge in [-0.25, -0.2) is 22.3 Å². The third kappa shape index (κ3) is 5.89. The van der Waals surface area contributed by atoms with Crippen LogP contribution in [0.15, 0.2) is 59.6 Å². The van der Waals surface area contributed by atoms with Crippen molar-refractivity contribution in [3.63, 3.8) is 0 Å². The summed E-state index contributed by atoms with van der Waals surface area (Å²) in [5, 5.41) is 9.73. The lowest BCUT2D eigenvalue weighted by molar-refractivity contribution is -0.132. The molecule has 0 spiro atoms. The van der Waals surface area contributed by atoms with E-state index in [1.807, 2.05) is 0 Å². The molecule has 9 nitrogen and oxygen atoms in total. The number of halogens is 1. The Morgan fingerprint density at radius 1 is 1.14 bits per heavy atom. The number of Topliss-reactive ketones (excluding diaryl/α,β-unsaturated/α-hetero) is 1. The maximum Gasteiger partial charge on any atom is 0.335 e. The van der Waals surface area contributed by atoms with Crippen molar-refractivity contribution in [2.75, 3.05) is 13.1 Å². The molecule has 2 N–H and O–H groups in total. The van der Waals surface area contributed by atoms with E-state index in [0.29, 0.717) is 29.3 Å². The molecule has 1 aliphatic heterocycles. The van der Waals surface area contributed by atoms with Gasteiger partial charge in [0, 0.05) is 41.7 Å². The minimum Gasteiger partial charge on any atom is -0.478 e. The van der Waals surface area contributed by atoms with Crippen LogP contribution in [-0.2, 0) is 21.4 Å². The number of nitrogens with one attached hydrogen (secondary N) is 1. The maximum atomic E-state index is 14.3. The number of rotatable bonds is 10. The monoisotopic (exact) mass is 529 g/mol. The molecule has 0 bridgehead atoms. The van der Waals surface area contributed by atoms with Gasteiger partial charge in [-0.15, -0.1) is 0 Å². The summed E-state index contributed by atoms with van der Waals surface area (Å²) in [6, 6.07) is 12.0. The van der Waals surface area contributed by atoms with Gasteiger partial charge in [-0.05, 0) is 50.1 Å². The van der Waals surface area contributed by atoms with Gasteiger partial charge in [0.05, 0.1) is 17.0 Å². The van der Waals surface area contributed by atoms with Crippen LogP contribution in [0.4, 0.5) is 4.39 Å². The van der Waals surface area contributed by atoms with Crippen molar-refractivity contribution in [2.45, 2.75) is 49.8 Å². The second-order valence-corrected chi connectivity index (χ2v) is 10.9. The molecule has 2 heterocycles. The molecule has 1 aromatic heterocycles. The highest BCUT2D eigenvalue weighted by Crippen LogP contribution is 2.27. The fourth-order valence-corrected chi connectivity index (χ4v) is 5.84. The summed E-state index contributed by atoms with van der Waals surface area (Å²) in [5.74, 6) is -1.72. The highest BCUT2D eigenvalue weighted by atomic mass is 32.2. The largest absolute Gasteiger partial charge is 0.478 e. The van der Waals surface area contributed by atoms with Gasteiger partial charge in [0.25, 0.3) is 0 Å². The number of aromatic nitrogens is 1. The van der Waals surface area contributed by atoms with Crippen molar-refractivity contribution >= 4 is 38.6 Å². The third-order valence-electron chi connectivity index (χ3n) is 6.56. The number of hydrogen-bond donors (Lipinski definition) is 2. The molecule has 2 atom stereocenters. The predicted molar refractivity (Wildman–Crippen MR) is 135 cm³/mol. The zero-order chi connectivity index (χ0) is 26.7. The third-order valence-corrected chi connectivity index (χ3v) is 8.03. The smallest absolute Gasteiger partial charge is 0.335 e. The maximum absolute atomic E-state index is 14.3. The van der Waals surface area contributed by atoms with E-state index in [1.54, 1.807) is 28.8 Å². The highest BCUT2D eigenvalue weighted by Gasteiger charge is 2.35. The Morgan fingerprint density at radius 2 is 1.86 bits per heavy atom. The highest BCUT2D eigenvalue weighted by molar-refractivity contribution is 7.89. The number of nitrogens with zero attached hydrogens (tertiary/aromatic N) is 2. The SMILES string of the molecule is CC(=O)c1cn(CC(=O)N2C[C@H](F)C[C@H]2CCCNS(=O)(=O)c2ccccc2)c2ccc(C(=O)O)cc12. The lowest BCUT2D eigenvalue weighted by atomic mass is 10.1. The summed E-state index contributed by atoms with van der Waals surface area (Å²) in [5.41, 5.74) is 0.867. The molecule has 3 aromatic rings. The van der Waals surface area contributed by atoms with Gasteiger partial charge in [-0.1, -0.05) is 18.2 Å². The van der Waals surface area contributed by atoms with Crippen LogP contribution in [0.5, 0.6) is 0 Å². The zero-order valence-electron chi connectivity index (χ0n) is 20.3. The van der Waals surface area contributed by atoms with Gasteiger partial charge in [0.2, 0.25) is 15.9 Å². The lowest BCUT2D eigenvalue weighted by Crippen LogP contribution is -2.38. The van der Waals surface area contributed by atoms with Crippen LogP contribution in [0.3, 0.4) is 0 Å². The number of benzene rings is 2. The Bertz CT molecular complexity index is 1440. The number of amides is 1. The molecule has 0 saturated carbocycles. The molecule has 37 heavy (non-hydrogen) atoms. The van der Waals surface area contributed by atoms with Crippen molar-refractivity contribution in [3.8, 4) is 0 Å². The first kappa shape index (κ1) is 26.5. The van der Waals surface area contributed by atoms with Gasteiger partial charge < -0.3 is 14.6 Å². The molecule has 1 aliphatic rings. The first-order valence-corrected chi connectivity index (χ1v) is 13.4. The molecule has 0 radical (unpaired) electrons. The van der Waals surface area contributed by atoms with E-state index in [0.717, 1.165) is 0 Å². The topological polar surface area (TPSA) is 126 Å². The number of fused-ring (bicyclic) bond motifs is 1. The summed E-state index contributed by atoms with van der Waals surface area (Å²) in [4.78, 5) is 38.3. The minimum atomic E-state index is -3.64. The number of carbonyl (C=O) groups is 3. The minimum absolute atomic E-state index is 0.0295. The van der Waals surface area contributed by atoms with Crippen molar-refractivity contribution in [1.82, 2.24) is 14.2 Å². The molecule has 196 valence electrons. The molecule has 1 amide bonds. The average molecular weight is 530 g/mol. The lowest BCUT2D eigenvalue weighted by Gasteiger charge is -2.25. The number of alkyl halides is 1. The van der Waals surface area contributed by atoms with E-state index in [-0.39, 0.29) is 54.2 Å². The molecule has 2 aromatic carbocycles. The van der Waals surface area contributed by atoms with E-state index < -0.39 is 22.2 Å². The zero-order valence-corrected chi connectivity index (χ0v) is 21.1. The van der Waals surface area contributed by atoms with Crippen molar-refractivity contribution in [1.29, 1.82) is 0 Å². The molecular weight excluding hydrogens is 501 g/mol. The number of aromatic carboxylic acids is 1. The van der Waals surface area contributed by atoms with Gasteiger partial charge in [-0.2, -0.15) is 0 Å². The Balaban J connectivity index is 1.43. The first-order chi connectivity index (χ1) is 17.6. The molecule has 0 unspecified atom stereocenters. The van der Waals surface area contributed by atoms with Gasteiger partial charge in [0.15, 0.2) is 5.78 Å². The van der Waals surface area contributed by atoms with Crippen LogP contribution in [-0.4, -0.2) is 66.0 Å². The fraction of sp³-hybridized carbons (Fsp3) is 0.346. The number of carbonyl (C=O) groups excluding carboxylic acids is 2. The Kier molecular flexibility index (Phi) is 7.74. The van der Waals surface area contributed by atoms with Gasteiger partial charge >= 0.3 is 5.97 Å². The Morgan fingerprint density at radius 3 is 2.54 bits per heavy atom. The molecular formula is C26H28FN3O6S. The van der Waals surface area contributed by atoms with Crippen LogP contribution >= 0.6 is 0 Å². The van der Waals surface area contributed by atoms with Crippen LogP contribution in [0.1, 0.15) is 46.9 Å². The van der Waals surface area contributed by atoms with E-state index in [4.69, 9.17) is 0 Å². The number of hydrogen-bond acceptors (Lipinski definition) is 5. The first-order valence-electron chi connectivity index (χ1n) is 11.9. The number of sulfonamides is 1. The van der Waals surface area contributed by atoms with Gasteiger partial charge in [0.1, 0.15) is 12.7 Å². The summed E-state index contributed by atoms with van der Waals surface area (Å²) < 4.78 is 43.2. The second kappa shape index (κ2) is 10.8. The van der Waals surface area contributed by atoms with E-state index in [1.165, 1.54) is 42.3 Å². The number of ketones is 1. The molecule has 4 rings (SSSR count). The van der Waals surface area contributed by atoms with E-state index in [2.05, 4.69) is 4.72 Å². The summed E-state index contributed by atoms with van der Waals surface area (Å²) in [6.07, 6.45) is 1.36. The van der Waals surface area contributed by atoms with Crippen LogP contribution in [0.2, 0.25) is 0 Å². The molecule has 1 fully saturated rings. The van der Waals surface area contributed by atoms with Crippen LogP contribution < -0.4 is 4.72 Å². The van der Waals surface area contributed by atoms with Gasteiger partial charge in [-0.3, -0.25) is 9.59 Å². The van der Waals surface area contributed by atoms with Crippen molar-refractivity contribution in [2.24, 2.45) is 0 Å². The van der Waals surface area contributed by atoms with Crippen LogP contribution in [0.25, 0.3) is 10.9 Å². The number of carboxylic acids is 1. The molecule has 1 saturated heterocycles. The average Bonchev–Trinajstić information content (AvgIpc) is 3.42. The fourth-order valence-electron chi connectivity index (χ4n) is 4.74. The van der Waals surface area contributed by atoms with E-state index >= 15 is 0 Å². The normalized spacial score (nSPS) is 17.8. The predicted octanol–water partition coefficient (Wildman–Crippen LogP) is 3.24. The summed E-state index contributed by atoms with van der Waals surface area (Å²) in [6.45, 7) is 1.33. The standard InChI is InChI=1S/C26H28FN3O6S/c1-17(31)23-15-29(24-10-9-18(26(33)34)12-22(23)24)16-25(32)30-14-19(27)13-20(30)6-5-11-28-37(35,36)21-7-3-2-4-8-21/h2-4,7-10,12,15,19-20,28H,5-6,11,13-14,16H2,1H3,(H,33,34)/t19-,20-/m1/s1. The molecule has 11 heteroatoms. The Hall–Kier alpha value is -3.57. The number of carboxylic acid groups (broad SMARTS) is 1. The summed E-state index contributed by atoms with van der Waals surface area (Å²) >= 11 is 0. The number of likely N-dealkylation sites (tertiary alicyclic amines) is 1. The van der Waals surface area contributed by atoms with Crippen molar-refractivity contribution in [3.05, 3.63) is 65.9 Å². The van der Waals surface area contributed by atoms with Crippen LogP contribution in [0, 0.1) is 0 Å².